The monoisotopic (exact) mass is 355 g/mol. The number of nitrogens with one attached hydrogen (secondary N) is 1. The van der Waals surface area contributed by atoms with E-state index >= 15 is 0 Å². The Bertz CT molecular complexity index is 734. The van der Waals surface area contributed by atoms with Gasteiger partial charge < -0.3 is 10.4 Å². The molecule has 4 nitrogen and oxygen atoms in total. The van der Waals surface area contributed by atoms with Gasteiger partial charge in [0.2, 0.25) is 0 Å². The Balaban J connectivity index is 2.33. The number of anilines is 1. The molecule has 0 aliphatic rings. The Morgan fingerprint density at radius 2 is 1.86 bits per heavy atom. The first-order valence-corrected chi connectivity index (χ1v) is 6.47. The van der Waals surface area contributed by atoms with Gasteiger partial charge in [-0.05, 0) is 46.3 Å². The molecular formula is C14H8BrF2NO3. The number of benzene rings is 2. The SMILES string of the molecule is O=C(O)c1ccc(Br)c(NC(=O)c2cccc(F)c2F)c1. The molecule has 0 saturated carbocycles. The Hall–Kier alpha value is -2.28. The average molecular weight is 356 g/mol. The van der Waals surface area contributed by atoms with E-state index in [1.165, 1.54) is 24.3 Å². The number of carbonyl (C=O) groups excluding carboxylic acids is 1. The summed E-state index contributed by atoms with van der Waals surface area (Å²) in [6.45, 7) is 0. The minimum atomic E-state index is -1.26. The van der Waals surface area contributed by atoms with Crippen LogP contribution in [0.3, 0.4) is 0 Å². The molecule has 0 saturated heterocycles. The van der Waals surface area contributed by atoms with Crippen molar-refractivity contribution in [1.29, 1.82) is 0 Å². The molecule has 2 aromatic rings. The zero-order chi connectivity index (χ0) is 15.6. The van der Waals surface area contributed by atoms with Crippen LogP contribution in [0.1, 0.15) is 20.7 Å². The predicted octanol–water partition coefficient (Wildman–Crippen LogP) is 3.68. The summed E-state index contributed by atoms with van der Waals surface area (Å²) < 4.78 is 27.0. The van der Waals surface area contributed by atoms with Crippen LogP contribution in [0.25, 0.3) is 0 Å². The maximum absolute atomic E-state index is 13.5. The molecule has 0 radical (unpaired) electrons. The lowest BCUT2D eigenvalue weighted by Gasteiger charge is -2.09. The van der Waals surface area contributed by atoms with Crippen LogP contribution < -0.4 is 5.32 Å². The Morgan fingerprint density at radius 1 is 1.14 bits per heavy atom. The maximum Gasteiger partial charge on any atom is 0.335 e. The first kappa shape index (κ1) is 15.1. The molecule has 21 heavy (non-hydrogen) atoms. The fourth-order valence-electron chi connectivity index (χ4n) is 1.62. The smallest absolute Gasteiger partial charge is 0.335 e. The third-order valence-corrected chi connectivity index (χ3v) is 3.35. The highest BCUT2D eigenvalue weighted by Gasteiger charge is 2.16. The topological polar surface area (TPSA) is 66.4 Å². The summed E-state index contributed by atoms with van der Waals surface area (Å²) in [4.78, 5) is 22.8. The van der Waals surface area contributed by atoms with E-state index in [0.717, 1.165) is 12.1 Å². The molecule has 0 heterocycles. The van der Waals surface area contributed by atoms with E-state index in [2.05, 4.69) is 21.2 Å². The molecule has 0 bridgehead atoms. The van der Waals surface area contributed by atoms with Crippen molar-refractivity contribution < 1.29 is 23.5 Å². The largest absolute Gasteiger partial charge is 0.478 e. The molecule has 0 aliphatic heterocycles. The van der Waals surface area contributed by atoms with E-state index in [9.17, 15) is 18.4 Å². The van der Waals surface area contributed by atoms with Gasteiger partial charge in [0, 0.05) is 4.47 Å². The molecule has 7 heteroatoms. The second-order valence-corrected chi connectivity index (χ2v) is 4.91. The Morgan fingerprint density at radius 3 is 2.52 bits per heavy atom. The van der Waals surface area contributed by atoms with Crippen molar-refractivity contribution >= 4 is 33.5 Å². The van der Waals surface area contributed by atoms with Crippen LogP contribution in [0.2, 0.25) is 0 Å². The third-order valence-electron chi connectivity index (χ3n) is 2.66. The van der Waals surface area contributed by atoms with Crippen LogP contribution in [0.5, 0.6) is 0 Å². The average Bonchev–Trinajstić information content (AvgIpc) is 2.43. The molecule has 2 rings (SSSR count). The molecule has 0 aliphatic carbocycles. The Kier molecular flexibility index (Phi) is 4.32. The number of amides is 1. The Labute approximate surface area is 126 Å². The van der Waals surface area contributed by atoms with Crippen molar-refractivity contribution in [3.8, 4) is 0 Å². The van der Waals surface area contributed by atoms with Gasteiger partial charge in [-0.25, -0.2) is 13.6 Å². The number of rotatable bonds is 3. The van der Waals surface area contributed by atoms with Gasteiger partial charge >= 0.3 is 5.97 Å². The highest BCUT2D eigenvalue weighted by molar-refractivity contribution is 9.10. The normalized spacial score (nSPS) is 10.2. The molecule has 2 N–H and O–H groups in total. The van der Waals surface area contributed by atoms with Gasteiger partial charge in [-0.15, -0.1) is 0 Å². The zero-order valence-electron chi connectivity index (χ0n) is 10.4. The van der Waals surface area contributed by atoms with Crippen molar-refractivity contribution in [2.45, 2.75) is 0 Å². The lowest BCUT2D eigenvalue weighted by molar-refractivity contribution is 0.0696. The van der Waals surface area contributed by atoms with E-state index in [1.54, 1.807) is 0 Å². The lowest BCUT2D eigenvalue weighted by atomic mass is 10.1. The highest BCUT2D eigenvalue weighted by Crippen LogP contribution is 2.25. The summed E-state index contributed by atoms with van der Waals surface area (Å²) in [6.07, 6.45) is 0. The van der Waals surface area contributed by atoms with Gasteiger partial charge in [0.25, 0.3) is 5.91 Å². The summed E-state index contributed by atoms with van der Waals surface area (Å²) in [5.41, 5.74) is -0.376. The molecular weight excluding hydrogens is 348 g/mol. The van der Waals surface area contributed by atoms with Gasteiger partial charge in [-0.2, -0.15) is 0 Å². The first-order chi connectivity index (χ1) is 9.90. The lowest BCUT2D eigenvalue weighted by Crippen LogP contribution is -2.15. The van der Waals surface area contributed by atoms with Crippen molar-refractivity contribution in [3.05, 3.63) is 63.6 Å². The second-order valence-electron chi connectivity index (χ2n) is 4.06. The summed E-state index contributed by atoms with van der Waals surface area (Å²) in [6, 6.07) is 7.21. The second kappa shape index (κ2) is 6.01. The molecule has 0 fully saturated rings. The van der Waals surface area contributed by atoms with Crippen molar-refractivity contribution in [1.82, 2.24) is 0 Å². The van der Waals surface area contributed by atoms with Crippen LogP contribution in [0, 0.1) is 11.6 Å². The number of hydrogen-bond acceptors (Lipinski definition) is 2. The van der Waals surface area contributed by atoms with Crippen molar-refractivity contribution in [3.63, 3.8) is 0 Å². The molecule has 0 atom stereocenters. The van der Waals surface area contributed by atoms with Gasteiger partial charge in [0.15, 0.2) is 11.6 Å². The van der Waals surface area contributed by atoms with E-state index in [1.807, 2.05) is 0 Å². The van der Waals surface area contributed by atoms with Gasteiger partial charge in [-0.1, -0.05) is 6.07 Å². The van der Waals surface area contributed by atoms with Crippen LogP contribution in [0.15, 0.2) is 40.9 Å². The summed E-state index contributed by atoms with van der Waals surface area (Å²) in [5, 5.41) is 11.2. The van der Waals surface area contributed by atoms with Gasteiger partial charge in [0.1, 0.15) is 0 Å². The molecule has 0 unspecified atom stereocenters. The fourth-order valence-corrected chi connectivity index (χ4v) is 1.97. The van der Waals surface area contributed by atoms with E-state index in [0.29, 0.717) is 4.47 Å². The van der Waals surface area contributed by atoms with E-state index in [4.69, 9.17) is 5.11 Å². The van der Waals surface area contributed by atoms with Crippen LogP contribution in [-0.2, 0) is 0 Å². The number of carboxylic acids is 1. The van der Waals surface area contributed by atoms with E-state index in [-0.39, 0.29) is 11.3 Å². The minimum absolute atomic E-state index is 0.0479. The highest BCUT2D eigenvalue weighted by atomic mass is 79.9. The number of aromatic carboxylic acids is 1. The number of hydrogen-bond donors (Lipinski definition) is 2. The van der Waals surface area contributed by atoms with E-state index < -0.39 is 29.1 Å². The molecule has 108 valence electrons. The minimum Gasteiger partial charge on any atom is -0.478 e. The van der Waals surface area contributed by atoms with Gasteiger partial charge in [0.05, 0.1) is 16.8 Å². The summed E-state index contributed by atoms with van der Waals surface area (Å²) in [7, 11) is 0. The molecule has 0 aromatic heterocycles. The van der Waals surface area contributed by atoms with Gasteiger partial charge in [-0.3, -0.25) is 4.79 Å². The summed E-state index contributed by atoms with van der Waals surface area (Å²) >= 11 is 3.14. The quantitative estimate of drug-likeness (QED) is 0.882. The zero-order valence-corrected chi connectivity index (χ0v) is 11.9. The standard InChI is InChI=1S/C14H8BrF2NO3/c15-9-5-4-7(14(20)21)6-11(9)18-13(19)8-2-1-3-10(16)12(8)17/h1-6H,(H,18,19)(H,20,21). The number of halogens is 3. The third kappa shape index (κ3) is 3.25. The molecule has 0 spiro atoms. The molecule has 2 aromatic carbocycles. The first-order valence-electron chi connectivity index (χ1n) is 5.68. The van der Waals surface area contributed by atoms with Crippen LogP contribution in [-0.4, -0.2) is 17.0 Å². The predicted molar refractivity (Wildman–Crippen MR) is 75.4 cm³/mol. The molecule has 1 amide bonds. The maximum atomic E-state index is 13.5. The van der Waals surface area contributed by atoms with Crippen molar-refractivity contribution in [2.24, 2.45) is 0 Å². The number of carboxylic acid groups (broad SMARTS) is 1. The van der Waals surface area contributed by atoms with Crippen LogP contribution >= 0.6 is 15.9 Å². The van der Waals surface area contributed by atoms with Crippen LogP contribution in [0.4, 0.5) is 14.5 Å². The van der Waals surface area contributed by atoms with Crippen molar-refractivity contribution in [2.75, 3.05) is 5.32 Å². The fraction of sp³-hybridized carbons (Fsp3) is 0. The number of carbonyl (C=O) groups is 2. The summed E-state index contributed by atoms with van der Waals surface area (Å²) in [5.74, 6) is -4.45.